The quantitative estimate of drug-likeness (QED) is 0.353. The minimum atomic E-state index is -3.73. The smallest absolute Gasteiger partial charge is 0.260 e. The van der Waals surface area contributed by atoms with E-state index >= 15 is 0 Å². The number of hydrazone groups is 1. The zero-order chi connectivity index (χ0) is 24.4. The molecule has 3 aromatic carbocycles. The second-order valence-electron chi connectivity index (χ2n) is 6.99. The Morgan fingerprint density at radius 2 is 1.62 bits per heavy atom. The molecule has 3 rings (SSSR count). The van der Waals surface area contributed by atoms with Gasteiger partial charge in [-0.05, 0) is 66.2 Å². The fraction of sp³-hybridized carbons (Fsp3) is 0.125. The van der Waals surface area contributed by atoms with Crippen LogP contribution >= 0.6 is 0 Å². The number of carbonyl (C=O) groups is 1. The predicted molar refractivity (Wildman–Crippen MR) is 128 cm³/mol. The summed E-state index contributed by atoms with van der Waals surface area (Å²) in [7, 11) is -3.73. The minimum Gasteiger partial charge on any atom is -0.479 e. The number of amides is 1. The monoisotopic (exact) mass is 478 g/mol. The lowest BCUT2D eigenvalue weighted by atomic mass is 10.2. The lowest BCUT2D eigenvalue weighted by Crippen LogP contribution is -2.38. The molecule has 0 aliphatic rings. The van der Waals surface area contributed by atoms with Crippen LogP contribution in [0.25, 0.3) is 0 Å². The van der Waals surface area contributed by atoms with Crippen molar-refractivity contribution in [2.45, 2.75) is 0 Å². The van der Waals surface area contributed by atoms with Gasteiger partial charge in [-0.2, -0.15) is 10.4 Å². The predicted octanol–water partition coefficient (Wildman–Crippen LogP) is 3.30. The molecular formula is C24H22N4O5S. The lowest BCUT2D eigenvalue weighted by molar-refractivity contribution is -0.119. The molecule has 0 heterocycles. The van der Waals surface area contributed by atoms with E-state index in [0.717, 1.165) is 10.6 Å². The van der Waals surface area contributed by atoms with Crippen LogP contribution < -0.4 is 19.2 Å². The van der Waals surface area contributed by atoms with Gasteiger partial charge in [-0.25, -0.2) is 13.8 Å². The third kappa shape index (κ3) is 7.36. The van der Waals surface area contributed by atoms with Gasteiger partial charge in [0.1, 0.15) is 29.9 Å². The molecule has 0 fully saturated rings. The van der Waals surface area contributed by atoms with Crippen LogP contribution in [0.2, 0.25) is 0 Å². The number of nitrogens with zero attached hydrogens (tertiary/aromatic N) is 3. The van der Waals surface area contributed by atoms with E-state index in [1.165, 1.54) is 6.21 Å². The molecule has 0 saturated carbocycles. The van der Waals surface area contributed by atoms with Crippen molar-refractivity contribution in [3.8, 4) is 23.3 Å². The van der Waals surface area contributed by atoms with Crippen LogP contribution in [0.3, 0.4) is 0 Å². The van der Waals surface area contributed by atoms with Crippen LogP contribution in [0.5, 0.6) is 17.2 Å². The van der Waals surface area contributed by atoms with Crippen molar-refractivity contribution in [3.05, 3.63) is 84.4 Å². The Morgan fingerprint density at radius 3 is 2.24 bits per heavy atom. The van der Waals surface area contributed by atoms with Gasteiger partial charge in [0.15, 0.2) is 6.61 Å². The molecule has 0 aromatic heterocycles. The van der Waals surface area contributed by atoms with E-state index in [1.807, 2.05) is 24.3 Å². The number of hydrogen-bond donors (Lipinski definition) is 1. The zero-order valence-corrected chi connectivity index (χ0v) is 19.1. The van der Waals surface area contributed by atoms with Gasteiger partial charge in [-0.15, -0.1) is 0 Å². The van der Waals surface area contributed by atoms with Gasteiger partial charge >= 0.3 is 0 Å². The molecule has 0 aliphatic carbocycles. The van der Waals surface area contributed by atoms with Crippen molar-refractivity contribution in [3.63, 3.8) is 0 Å². The highest BCUT2D eigenvalue weighted by Crippen LogP contribution is 2.25. The first kappa shape index (κ1) is 24.3. The van der Waals surface area contributed by atoms with E-state index in [-0.39, 0.29) is 6.61 Å². The molecule has 0 atom stereocenters. The number of nitrogens with one attached hydrogen (secondary N) is 1. The van der Waals surface area contributed by atoms with Crippen molar-refractivity contribution in [2.24, 2.45) is 5.10 Å². The highest BCUT2D eigenvalue weighted by molar-refractivity contribution is 7.92. The number of anilines is 1. The van der Waals surface area contributed by atoms with Crippen molar-refractivity contribution in [1.29, 1.82) is 5.26 Å². The zero-order valence-electron chi connectivity index (χ0n) is 18.3. The first-order valence-electron chi connectivity index (χ1n) is 10.1. The molecule has 10 heteroatoms. The first-order valence-corrected chi connectivity index (χ1v) is 11.9. The summed E-state index contributed by atoms with van der Waals surface area (Å²) in [5, 5.41) is 12.4. The summed E-state index contributed by atoms with van der Waals surface area (Å²) >= 11 is 0. The number of rotatable bonds is 10. The van der Waals surface area contributed by atoms with E-state index in [4.69, 9.17) is 14.7 Å². The Morgan fingerprint density at radius 1 is 1.00 bits per heavy atom. The van der Waals surface area contributed by atoms with Gasteiger partial charge in [-0.3, -0.25) is 9.10 Å². The molecular weight excluding hydrogens is 456 g/mol. The van der Waals surface area contributed by atoms with Crippen LogP contribution in [-0.4, -0.2) is 39.9 Å². The van der Waals surface area contributed by atoms with E-state index in [9.17, 15) is 13.2 Å². The standard InChI is InChI=1S/C24H22N4O5S/c1-34(30,31)28(20-9-13-23(14-10-20)33-22-5-3-2-4-6-22)18-24(29)27-26-17-19-7-11-21(12-8-19)32-16-15-25/h2-14,17H,16,18H2,1H3,(H,27,29)/b26-17-. The van der Waals surface area contributed by atoms with Crippen LogP contribution in [0, 0.1) is 11.3 Å². The summed E-state index contributed by atoms with van der Waals surface area (Å²) < 4.78 is 36.4. The van der Waals surface area contributed by atoms with Gasteiger partial charge in [0.2, 0.25) is 10.0 Å². The summed E-state index contributed by atoms with van der Waals surface area (Å²) in [6.07, 6.45) is 2.43. The number of nitriles is 1. The maximum Gasteiger partial charge on any atom is 0.260 e. The third-order valence-corrected chi connectivity index (χ3v) is 5.52. The first-order chi connectivity index (χ1) is 16.3. The van der Waals surface area contributed by atoms with Crippen molar-refractivity contribution < 1.29 is 22.7 Å². The van der Waals surface area contributed by atoms with Gasteiger partial charge in [0, 0.05) is 0 Å². The molecule has 1 N–H and O–H groups in total. The summed E-state index contributed by atoms with van der Waals surface area (Å²) in [4.78, 5) is 12.3. The van der Waals surface area contributed by atoms with Gasteiger partial charge < -0.3 is 9.47 Å². The Labute approximate surface area is 197 Å². The highest BCUT2D eigenvalue weighted by Gasteiger charge is 2.20. The fourth-order valence-electron chi connectivity index (χ4n) is 2.82. The Kier molecular flexibility index (Phi) is 8.21. The second kappa shape index (κ2) is 11.5. The van der Waals surface area contributed by atoms with Crippen LogP contribution in [0.1, 0.15) is 5.56 Å². The summed E-state index contributed by atoms with van der Waals surface area (Å²) in [5.74, 6) is 1.10. The van der Waals surface area contributed by atoms with Crippen LogP contribution in [-0.2, 0) is 14.8 Å². The number of hydrogen-bond acceptors (Lipinski definition) is 7. The SMILES string of the molecule is CS(=O)(=O)N(CC(=O)N/N=C\c1ccc(OCC#N)cc1)c1ccc(Oc2ccccc2)cc1. The van der Waals surface area contributed by atoms with Gasteiger partial charge in [-0.1, -0.05) is 18.2 Å². The molecule has 3 aromatic rings. The minimum absolute atomic E-state index is 0.0525. The number of carbonyl (C=O) groups excluding carboxylic acids is 1. The third-order valence-electron chi connectivity index (χ3n) is 4.38. The van der Waals surface area contributed by atoms with E-state index < -0.39 is 22.5 Å². The number of para-hydroxylation sites is 1. The van der Waals surface area contributed by atoms with Crippen LogP contribution in [0.15, 0.2) is 84.0 Å². The van der Waals surface area contributed by atoms with Crippen LogP contribution in [0.4, 0.5) is 5.69 Å². The molecule has 0 aliphatic heterocycles. The molecule has 174 valence electrons. The lowest BCUT2D eigenvalue weighted by Gasteiger charge is -2.21. The van der Waals surface area contributed by atoms with Gasteiger partial charge in [0.05, 0.1) is 18.2 Å². The van der Waals surface area contributed by atoms with E-state index in [1.54, 1.807) is 60.7 Å². The largest absolute Gasteiger partial charge is 0.479 e. The van der Waals surface area contributed by atoms with Crippen molar-refractivity contribution >= 4 is 27.8 Å². The summed E-state index contributed by atoms with van der Waals surface area (Å²) in [6, 6.07) is 24.1. The molecule has 1 amide bonds. The number of ether oxygens (including phenoxy) is 2. The topological polar surface area (TPSA) is 121 Å². The fourth-order valence-corrected chi connectivity index (χ4v) is 3.67. The van der Waals surface area contributed by atoms with Crippen molar-refractivity contribution in [1.82, 2.24) is 5.43 Å². The second-order valence-corrected chi connectivity index (χ2v) is 8.89. The summed E-state index contributed by atoms with van der Waals surface area (Å²) in [6.45, 7) is -0.501. The Bertz CT molecular complexity index is 1270. The highest BCUT2D eigenvalue weighted by atomic mass is 32.2. The Balaban J connectivity index is 1.61. The van der Waals surface area contributed by atoms with E-state index in [2.05, 4.69) is 10.5 Å². The molecule has 0 radical (unpaired) electrons. The normalized spacial score (nSPS) is 10.9. The number of sulfonamides is 1. The summed E-state index contributed by atoms with van der Waals surface area (Å²) in [5.41, 5.74) is 3.32. The molecule has 0 bridgehead atoms. The molecule has 0 unspecified atom stereocenters. The molecule has 0 spiro atoms. The maximum atomic E-state index is 12.3. The molecule has 0 saturated heterocycles. The van der Waals surface area contributed by atoms with Gasteiger partial charge in [0.25, 0.3) is 5.91 Å². The average molecular weight is 479 g/mol. The van der Waals surface area contributed by atoms with Crippen molar-refractivity contribution in [2.75, 3.05) is 23.7 Å². The molecule has 9 nitrogen and oxygen atoms in total. The average Bonchev–Trinajstić information content (AvgIpc) is 2.83. The Hall–Kier alpha value is -4.36. The maximum absolute atomic E-state index is 12.3. The van der Waals surface area contributed by atoms with E-state index in [0.29, 0.717) is 28.5 Å². The molecule has 34 heavy (non-hydrogen) atoms. The number of benzene rings is 3.